The number of nitrogens with one attached hydrogen (secondary N) is 1. The first-order valence-electron chi connectivity index (χ1n) is 8.00. The molecule has 1 amide bonds. The minimum atomic E-state index is 0.0971. The molecule has 0 spiro atoms. The number of aryl methyl sites for hydroxylation is 1. The van der Waals surface area contributed by atoms with Gasteiger partial charge < -0.3 is 10.2 Å². The number of pyridine rings is 1. The molecule has 0 aromatic carbocycles. The third-order valence-corrected chi connectivity index (χ3v) is 4.02. The molecule has 1 atom stereocenters. The van der Waals surface area contributed by atoms with Crippen LogP contribution in [0.4, 0.5) is 5.82 Å². The molecule has 0 aliphatic carbocycles. The first-order chi connectivity index (χ1) is 11.3. The molecule has 0 unspecified atom stereocenters. The number of piperidine rings is 1. The number of carbonyl (C=O) groups excluding carboxylic acids is 1. The van der Waals surface area contributed by atoms with Crippen molar-refractivity contribution in [3.05, 3.63) is 48.7 Å². The van der Waals surface area contributed by atoms with Crippen LogP contribution in [0.5, 0.6) is 0 Å². The summed E-state index contributed by atoms with van der Waals surface area (Å²) in [4.78, 5) is 26.9. The maximum absolute atomic E-state index is 12.1. The topological polar surface area (TPSA) is 71.0 Å². The summed E-state index contributed by atoms with van der Waals surface area (Å²) >= 11 is 0. The van der Waals surface area contributed by atoms with Crippen LogP contribution in [0, 0.1) is 0 Å². The zero-order valence-electron chi connectivity index (χ0n) is 13.1. The maximum atomic E-state index is 12.1. The summed E-state index contributed by atoms with van der Waals surface area (Å²) in [6, 6.07) is 4.07. The van der Waals surface area contributed by atoms with Crippen molar-refractivity contribution in [1.82, 2.24) is 20.3 Å². The number of amides is 1. The van der Waals surface area contributed by atoms with Gasteiger partial charge in [-0.05, 0) is 30.9 Å². The molecule has 120 valence electrons. The largest absolute Gasteiger partial charge is 0.353 e. The van der Waals surface area contributed by atoms with E-state index in [0.717, 1.165) is 43.7 Å². The number of hydrogen-bond acceptors (Lipinski definition) is 5. The van der Waals surface area contributed by atoms with Crippen molar-refractivity contribution in [2.75, 3.05) is 18.0 Å². The Balaban J connectivity index is 1.48. The first-order valence-corrected chi connectivity index (χ1v) is 8.00. The Morgan fingerprint density at radius 3 is 2.96 bits per heavy atom. The molecule has 0 bridgehead atoms. The highest BCUT2D eigenvalue weighted by atomic mass is 16.1. The fourth-order valence-corrected chi connectivity index (χ4v) is 2.86. The highest BCUT2D eigenvalue weighted by Gasteiger charge is 2.22. The van der Waals surface area contributed by atoms with Crippen LogP contribution in [0.25, 0.3) is 0 Å². The van der Waals surface area contributed by atoms with E-state index < -0.39 is 0 Å². The van der Waals surface area contributed by atoms with Crippen LogP contribution in [-0.2, 0) is 11.2 Å². The number of nitrogens with zero attached hydrogens (tertiary/aromatic N) is 4. The Kier molecular flexibility index (Phi) is 5.13. The van der Waals surface area contributed by atoms with Crippen molar-refractivity contribution in [3.63, 3.8) is 0 Å². The van der Waals surface area contributed by atoms with Gasteiger partial charge in [0.05, 0.1) is 6.20 Å². The summed E-state index contributed by atoms with van der Waals surface area (Å²) in [7, 11) is 0. The van der Waals surface area contributed by atoms with E-state index in [-0.39, 0.29) is 11.9 Å². The number of aromatic nitrogens is 3. The second-order valence-corrected chi connectivity index (χ2v) is 5.78. The highest BCUT2D eigenvalue weighted by Crippen LogP contribution is 2.16. The van der Waals surface area contributed by atoms with E-state index in [1.807, 2.05) is 18.3 Å². The average molecular weight is 311 g/mol. The highest BCUT2D eigenvalue weighted by molar-refractivity contribution is 5.76. The van der Waals surface area contributed by atoms with Gasteiger partial charge in [0, 0.05) is 50.3 Å². The molecule has 23 heavy (non-hydrogen) atoms. The van der Waals surface area contributed by atoms with Gasteiger partial charge in [-0.2, -0.15) is 0 Å². The molecule has 1 N–H and O–H groups in total. The Morgan fingerprint density at radius 1 is 1.26 bits per heavy atom. The van der Waals surface area contributed by atoms with E-state index in [0.29, 0.717) is 6.42 Å². The van der Waals surface area contributed by atoms with Gasteiger partial charge in [-0.3, -0.25) is 14.8 Å². The number of hydrogen-bond donors (Lipinski definition) is 1. The zero-order valence-corrected chi connectivity index (χ0v) is 13.1. The molecule has 1 saturated heterocycles. The minimum Gasteiger partial charge on any atom is -0.353 e. The van der Waals surface area contributed by atoms with Gasteiger partial charge in [0.2, 0.25) is 5.91 Å². The molecular formula is C17H21N5O. The fourth-order valence-electron chi connectivity index (χ4n) is 2.86. The lowest BCUT2D eigenvalue weighted by Crippen LogP contribution is -2.48. The SMILES string of the molecule is O=C(CCc1cccnc1)N[C@H]1CCCN(c2cnccn2)C1. The third-order valence-electron chi connectivity index (χ3n) is 4.02. The standard InChI is InChI=1S/C17H21N5O/c23-17(6-5-14-3-1-7-18-11-14)21-15-4-2-10-22(13-15)16-12-19-8-9-20-16/h1,3,7-9,11-12,15H,2,4-6,10,13H2,(H,21,23)/t15-/m0/s1. The fraction of sp³-hybridized carbons (Fsp3) is 0.412. The van der Waals surface area contributed by atoms with E-state index in [2.05, 4.69) is 25.2 Å². The minimum absolute atomic E-state index is 0.0971. The van der Waals surface area contributed by atoms with E-state index in [1.54, 1.807) is 24.8 Å². The Labute approximate surface area is 136 Å². The van der Waals surface area contributed by atoms with E-state index in [4.69, 9.17) is 0 Å². The molecule has 1 aliphatic rings. The maximum Gasteiger partial charge on any atom is 0.220 e. The second kappa shape index (κ2) is 7.67. The second-order valence-electron chi connectivity index (χ2n) is 5.78. The molecule has 3 heterocycles. The third kappa shape index (κ3) is 4.48. The van der Waals surface area contributed by atoms with Crippen molar-refractivity contribution in [2.24, 2.45) is 0 Å². The van der Waals surface area contributed by atoms with Gasteiger partial charge in [0.25, 0.3) is 0 Å². The van der Waals surface area contributed by atoms with Crippen molar-refractivity contribution in [2.45, 2.75) is 31.7 Å². The number of rotatable bonds is 5. The van der Waals surface area contributed by atoms with Crippen molar-refractivity contribution < 1.29 is 4.79 Å². The van der Waals surface area contributed by atoms with Crippen molar-refractivity contribution in [1.29, 1.82) is 0 Å². The molecule has 2 aromatic heterocycles. The lowest BCUT2D eigenvalue weighted by Gasteiger charge is -2.33. The lowest BCUT2D eigenvalue weighted by molar-refractivity contribution is -0.121. The average Bonchev–Trinajstić information content (AvgIpc) is 2.62. The van der Waals surface area contributed by atoms with Crippen molar-refractivity contribution in [3.8, 4) is 0 Å². The van der Waals surface area contributed by atoms with Gasteiger partial charge in [-0.1, -0.05) is 6.07 Å². The van der Waals surface area contributed by atoms with Crippen LogP contribution in [-0.4, -0.2) is 40.0 Å². The van der Waals surface area contributed by atoms with Gasteiger partial charge in [0.1, 0.15) is 5.82 Å². The summed E-state index contributed by atoms with van der Waals surface area (Å²) in [5.74, 6) is 0.974. The summed E-state index contributed by atoms with van der Waals surface area (Å²) < 4.78 is 0. The monoisotopic (exact) mass is 311 g/mol. The first kappa shape index (κ1) is 15.4. The van der Waals surface area contributed by atoms with Gasteiger partial charge in [-0.15, -0.1) is 0 Å². The van der Waals surface area contributed by atoms with Crippen LogP contribution < -0.4 is 10.2 Å². The molecule has 0 saturated carbocycles. The number of anilines is 1. The summed E-state index contributed by atoms with van der Waals surface area (Å²) in [5, 5.41) is 3.14. The van der Waals surface area contributed by atoms with Crippen LogP contribution in [0.15, 0.2) is 43.1 Å². The Hall–Kier alpha value is -2.50. The summed E-state index contributed by atoms with van der Waals surface area (Å²) in [6.45, 7) is 1.75. The van der Waals surface area contributed by atoms with E-state index in [9.17, 15) is 4.79 Å². The van der Waals surface area contributed by atoms with Gasteiger partial charge in [-0.25, -0.2) is 4.98 Å². The van der Waals surface area contributed by atoms with Gasteiger partial charge in [0.15, 0.2) is 0 Å². The summed E-state index contributed by atoms with van der Waals surface area (Å²) in [5.41, 5.74) is 1.09. The Bertz CT molecular complexity index is 619. The van der Waals surface area contributed by atoms with Crippen LogP contribution >= 0.6 is 0 Å². The molecule has 0 radical (unpaired) electrons. The summed E-state index contributed by atoms with van der Waals surface area (Å²) in [6.07, 6.45) is 12.0. The predicted molar refractivity (Wildman–Crippen MR) is 88.0 cm³/mol. The lowest BCUT2D eigenvalue weighted by atomic mass is 10.1. The molecule has 6 nitrogen and oxygen atoms in total. The van der Waals surface area contributed by atoms with E-state index in [1.165, 1.54) is 0 Å². The van der Waals surface area contributed by atoms with Crippen LogP contribution in [0.2, 0.25) is 0 Å². The van der Waals surface area contributed by atoms with E-state index >= 15 is 0 Å². The molecule has 3 rings (SSSR count). The zero-order chi connectivity index (χ0) is 15.9. The quantitative estimate of drug-likeness (QED) is 0.908. The van der Waals surface area contributed by atoms with Crippen LogP contribution in [0.3, 0.4) is 0 Å². The number of carbonyl (C=O) groups is 1. The van der Waals surface area contributed by atoms with Crippen molar-refractivity contribution >= 4 is 11.7 Å². The van der Waals surface area contributed by atoms with Crippen LogP contribution in [0.1, 0.15) is 24.8 Å². The molecule has 2 aromatic rings. The Morgan fingerprint density at radius 2 is 2.17 bits per heavy atom. The normalized spacial score (nSPS) is 17.7. The van der Waals surface area contributed by atoms with Gasteiger partial charge >= 0.3 is 0 Å². The molecule has 6 heteroatoms. The molecule has 1 aliphatic heterocycles. The molecule has 1 fully saturated rings. The smallest absolute Gasteiger partial charge is 0.220 e. The predicted octanol–water partition coefficient (Wildman–Crippen LogP) is 1.59. The molecular weight excluding hydrogens is 290 g/mol.